The predicted octanol–water partition coefficient (Wildman–Crippen LogP) is 1.87. The molecule has 134 valence electrons. The van der Waals surface area contributed by atoms with Gasteiger partial charge < -0.3 is 15.4 Å². The second kappa shape index (κ2) is 8.13. The van der Waals surface area contributed by atoms with Gasteiger partial charge in [0.25, 0.3) is 0 Å². The fourth-order valence-corrected chi connectivity index (χ4v) is 3.45. The smallest absolute Gasteiger partial charge is 0.191 e. The van der Waals surface area contributed by atoms with Crippen molar-refractivity contribution in [3.63, 3.8) is 0 Å². The first-order chi connectivity index (χ1) is 11.8. The third-order valence-electron chi connectivity index (χ3n) is 4.69. The number of fused-ring (bicyclic) bond motifs is 2. The average molecular weight is 454 g/mol. The molecule has 0 saturated carbocycles. The molecule has 8 heteroatoms. The number of imidazole rings is 1. The van der Waals surface area contributed by atoms with Crippen LogP contribution in [0, 0.1) is 0 Å². The molecule has 2 aromatic heterocycles. The molecule has 7 nitrogen and oxygen atoms in total. The number of ether oxygens (including phenoxy) is 1. The Morgan fingerprint density at radius 2 is 2.32 bits per heavy atom. The van der Waals surface area contributed by atoms with E-state index in [9.17, 15) is 0 Å². The third kappa shape index (κ3) is 4.12. The summed E-state index contributed by atoms with van der Waals surface area (Å²) in [5, 5.41) is 6.87. The van der Waals surface area contributed by atoms with E-state index in [0.717, 1.165) is 30.2 Å². The Bertz CT molecular complexity index is 720. The number of halogens is 1. The SMILES string of the molecule is CN=C(NCc1ccnc(-n2ccnc2)c1)NC1CC2CCC1O2.I. The molecule has 0 aliphatic carbocycles. The summed E-state index contributed by atoms with van der Waals surface area (Å²) in [6.45, 7) is 0.686. The number of pyridine rings is 1. The molecular formula is C17H23IN6O. The molecule has 2 N–H and O–H groups in total. The van der Waals surface area contributed by atoms with E-state index in [2.05, 4.69) is 25.6 Å². The van der Waals surface area contributed by atoms with E-state index in [1.807, 2.05) is 29.1 Å². The van der Waals surface area contributed by atoms with E-state index in [1.165, 1.54) is 6.42 Å². The molecule has 3 atom stereocenters. The summed E-state index contributed by atoms with van der Waals surface area (Å²) < 4.78 is 7.78. The van der Waals surface area contributed by atoms with Crippen molar-refractivity contribution in [3.8, 4) is 5.82 Å². The van der Waals surface area contributed by atoms with Gasteiger partial charge in [0, 0.05) is 32.2 Å². The van der Waals surface area contributed by atoms with E-state index in [4.69, 9.17) is 4.74 Å². The summed E-state index contributed by atoms with van der Waals surface area (Å²) >= 11 is 0. The van der Waals surface area contributed by atoms with Crippen LogP contribution in [0.15, 0.2) is 42.0 Å². The van der Waals surface area contributed by atoms with Crippen LogP contribution in [0.25, 0.3) is 5.82 Å². The lowest BCUT2D eigenvalue weighted by molar-refractivity contribution is 0.0992. The monoisotopic (exact) mass is 454 g/mol. The maximum Gasteiger partial charge on any atom is 0.191 e. The summed E-state index contributed by atoms with van der Waals surface area (Å²) in [5.41, 5.74) is 1.14. The minimum Gasteiger partial charge on any atom is -0.373 e. The molecule has 25 heavy (non-hydrogen) atoms. The Morgan fingerprint density at radius 3 is 3.00 bits per heavy atom. The average Bonchev–Trinajstić information content (AvgIpc) is 3.36. The highest BCUT2D eigenvalue weighted by molar-refractivity contribution is 14.0. The molecule has 2 aliphatic rings. The van der Waals surface area contributed by atoms with E-state index < -0.39 is 0 Å². The minimum absolute atomic E-state index is 0. The van der Waals surface area contributed by atoms with Crippen LogP contribution in [-0.2, 0) is 11.3 Å². The van der Waals surface area contributed by atoms with Gasteiger partial charge in [-0.2, -0.15) is 0 Å². The molecular weight excluding hydrogens is 431 g/mol. The summed E-state index contributed by atoms with van der Waals surface area (Å²) in [6.07, 6.45) is 11.4. The first-order valence-corrected chi connectivity index (χ1v) is 8.38. The Balaban J connectivity index is 0.00000182. The summed E-state index contributed by atoms with van der Waals surface area (Å²) in [6, 6.07) is 4.41. The van der Waals surface area contributed by atoms with Crippen molar-refractivity contribution in [2.75, 3.05) is 7.05 Å². The van der Waals surface area contributed by atoms with E-state index in [1.54, 1.807) is 19.6 Å². The van der Waals surface area contributed by atoms with E-state index in [-0.39, 0.29) is 24.0 Å². The lowest BCUT2D eigenvalue weighted by atomic mass is 9.96. The van der Waals surface area contributed by atoms with Crippen molar-refractivity contribution in [3.05, 3.63) is 42.6 Å². The van der Waals surface area contributed by atoms with Crippen LogP contribution in [0.3, 0.4) is 0 Å². The molecule has 2 bridgehead atoms. The van der Waals surface area contributed by atoms with Gasteiger partial charge in [-0.1, -0.05) is 0 Å². The molecule has 3 unspecified atom stereocenters. The number of nitrogens with one attached hydrogen (secondary N) is 2. The summed E-state index contributed by atoms with van der Waals surface area (Å²) in [5.74, 6) is 1.67. The highest BCUT2D eigenvalue weighted by Crippen LogP contribution is 2.34. The highest BCUT2D eigenvalue weighted by atomic mass is 127. The lowest BCUT2D eigenvalue weighted by Crippen LogP contribution is -2.47. The molecule has 0 radical (unpaired) electrons. The van der Waals surface area contributed by atoms with Crippen LogP contribution in [0.2, 0.25) is 0 Å². The maximum atomic E-state index is 5.89. The van der Waals surface area contributed by atoms with Gasteiger partial charge in [-0.25, -0.2) is 9.97 Å². The van der Waals surface area contributed by atoms with Crippen molar-refractivity contribution in [1.82, 2.24) is 25.2 Å². The van der Waals surface area contributed by atoms with Crippen LogP contribution in [0.1, 0.15) is 24.8 Å². The summed E-state index contributed by atoms with van der Waals surface area (Å²) in [7, 11) is 1.80. The van der Waals surface area contributed by atoms with Crippen molar-refractivity contribution < 1.29 is 4.74 Å². The fourth-order valence-electron chi connectivity index (χ4n) is 3.45. The van der Waals surface area contributed by atoms with E-state index >= 15 is 0 Å². The van der Waals surface area contributed by atoms with Gasteiger partial charge in [0.2, 0.25) is 0 Å². The van der Waals surface area contributed by atoms with Gasteiger partial charge in [0.15, 0.2) is 5.96 Å². The Morgan fingerprint density at radius 1 is 1.40 bits per heavy atom. The fraction of sp³-hybridized carbons (Fsp3) is 0.471. The van der Waals surface area contributed by atoms with Crippen LogP contribution < -0.4 is 10.6 Å². The molecule has 2 saturated heterocycles. The molecule has 2 fully saturated rings. The van der Waals surface area contributed by atoms with Crippen molar-refractivity contribution in [2.24, 2.45) is 4.99 Å². The van der Waals surface area contributed by atoms with Crippen LogP contribution in [-0.4, -0.2) is 45.8 Å². The molecule has 0 spiro atoms. The van der Waals surface area contributed by atoms with Crippen molar-refractivity contribution in [1.29, 1.82) is 0 Å². The minimum atomic E-state index is 0. The summed E-state index contributed by atoms with van der Waals surface area (Å²) in [4.78, 5) is 12.8. The normalized spacial score (nSPS) is 24.8. The van der Waals surface area contributed by atoms with Crippen molar-refractivity contribution in [2.45, 2.75) is 44.1 Å². The first kappa shape index (κ1) is 18.1. The molecule has 4 heterocycles. The van der Waals surface area contributed by atoms with E-state index in [0.29, 0.717) is 24.8 Å². The Hall–Kier alpha value is -1.68. The zero-order valence-electron chi connectivity index (χ0n) is 14.1. The zero-order valence-corrected chi connectivity index (χ0v) is 16.5. The van der Waals surface area contributed by atoms with Crippen LogP contribution in [0.4, 0.5) is 0 Å². The number of hydrogen-bond donors (Lipinski definition) is 2. The van der Waals surface area contributed by atoms with Crippen LogP contribution >= 0.6 is 24.0 Å². The number of nitrogens with zero attached hydrogens (tertiary/aromatic N) is 4. The quantitative estimate of drug-likeness (QED) is 0.419. The molecule has 0 amide bonds. The highest BCUT2D eigenvalue weighted by Gasteiger charge is 2.41. The van der Waals surface area contributed by atoms with Crippen LogP contribution in [0.5, 0.6) is 0 Å². The maximum absolute atomic E-state index is 5.89. The topological polar surface area (TPSA) is 76.4 Å². The first-order valence-electron chi connectivity index (χ1n) is 8.38. The molecule has 0 aromatic carbocycles. The van der Waals surface area contributed by atoms with Gasteiger partial charge in [-0.15, -0.1) is 24.0 Å². The second-order valence-electron chi connectivity index (χ2n) is 6.28. The van der Waals surface area contributed by atoms with Gasteiger partial charge in [-0.05, 0) is 37.0 Å². The van der Waals surface area contributed by atoms with Gasteiger partial charge in [0.05, 0.1) is 18.2 Å². The Labute approximate surface area is 164 Å². The van der Waals surface area contributed by atoms with Crippen molar-refractivity contribution >= 4 is 29.9 Å². The van der Waals surface area contributed by atoms with Gasteiger partial charge >= 0.3 is 0 Å². The molecule has 2 aromatic rings. The Kier molecular flexibility index (Phi) is 5.89. The van der Waals surface area contributed by atoms with Gasteiger partial charge in [-0.3, -0.25) is 9.56 Å². The third-order valence-corrected chi connectivity index (χ3v) is 4.69. The number of guanidine groups is 1. The molecule has 4 rings (SSSR count). The number of aliphatic imine (C=N–C) groups is 1. The number of hydrogen-bond acceptors (Lipinski definition) is 4. The number of aromatic nitrogens is 3. The lowest BCUT2D eigenvalue weighted by Gasteiger charge is -2.22. The standard InChI is InChI=1S/C17H22N6O.HI/c1-18-17(22-14-9-13-2-3-15(14)24-13)21-10-12-4-5-20-16(8-12)23-7-6-19-11-23;/h4-8,11,13-15H,2-3,9-10H2,1H3,(H2,18,21,22);1H. The largest absolute Gasteiger partial charge is 0.373 e. The molecule has 2 aliphatic heterocycles. The second-order valence-corrected chi connectivity index (χ2v) is 6.28. The number of rotatable bonds is 4. The predicted molar refractivity (Wildman–Crippen MR) is 106 cm³/mol. The van der Waals surface area contributed by atoms with Gasteiger partial charge in [0.1, 0.15) is 12.1 Å². The zero-order chi connectivity index (χ0) is 16.4.